The summed E-state index contributed by atoms with van der Waals surface area (Å²) in [6, 6.07) is 6.65. The summed E-state index contributed by atoms with van der Waals surface area (Å²) in [6.45, 7) is 0. The number of furan rings is 1. The molecule has 1 aromatic heterocycles. The summed E-state index contributed by atoms with van der Waals surface area (Å²) in [4.78, 5) is 12.2. The minimum Gasteiger partial charge on any atom is -0.497 e. The van der Waals surface area contributed by atoms with E-state index < -0.39 is 0 Å². The second-order valence-electron chi connectivity index (χ2n) is 3.53. The van der Waals surface area contributed by atoms with Crippen LogP contribution in [0.15, 0.2) is 39.4 Å². The highest BCUT2D eigenvalue weighted by Crippen LogP contribution is 2.26. The van der Waals surface area contributed by atoms with Gasteiger partial charge in [0.1, 0.15) is 11.5 Å². The minimum absolute atomic E-state index is 0.232. The molecule has 18 heavy (non-hydrogen) atoms. The molecule has 0 unspecified atom stereocenters. The summed E-state index contributed by atoms with van der Waals surface area (Å²) in [5.41, 5.74) is 0.446. The van der Waals surface area contributed by atoms with Crippen molar-refractivity contribution in [2.45, 2.75) is 0 Å². The number of carbonyl (C=O) groups is 1. The van der Waals surface area contributed by atoms with Gasteiger partial charge in [-0.25, -0.2) is 0 Å². The van der Waals surface area contributed by atoms with Gasteiger partial charge in [0, 0.05) is 11.6 Å². The number of rotatable bonds is 4. The first-order valence-corrected chi connectivity index (χ1v) is 5.95. The molecule has 0 fully saturated rings. The Hall–Kier alpha value is -1.75. The van der Waals surface area contributed by atoms with Crippen molar-refractivity contribution in [2.24, 2.45) is 0 Å². The Kier molecular flexibility index (Phi) is 3.72. The van der Waals surface area contributed by atoms with Crippen molar-refractivity contribution >= 4 is 21.7 Å². The third kappa shape index (κ3) is 2.41. The van der Waals surface area contributed by atoms with E-state index in [9.17, 15) is 4.79 Å². The van der Waals surface area contributed by atoms with Gasteiger partial charge in [0.2, 0.25) is 5.78 Å². The van der Waals surface area contributed by atoms with Crippen LogP contribution in [0.3, 0.4) is 0 Å². The number of ether oxygens (including phenoxy) is 2. The topological polar surface area (TPSA) is 48.7 Å². The lowest BCUT2D eigenvalue weighted by Crippen LogP contribution is -2.02. The highest BCUT2D eigenvalue weighted by molar-refractivity contribution is 9.10. The van der Waals surface area contributed by atoms with Gasteiger partial charge >= 0.3 is 0 Å². The van der Waals surface area contributed by atoms with Gasteiger partial charge in [0.05, 0.1) is 25.0 Å². The predicted molar refractivity (Wildman–Crippen MR) is 69.4 cm³/mol. The maximum atomic E-state index is 12.2. The monoisotopic (exact) mass is 310 g/mol. The predicted octanol–water partition coefficient (Wildman–Crippen LogP) is 3.29. The SMILES string of the molecule is COc1cc(OC)cc(C(=O)c2occc2Br)c1. The first-order chi connectivity index (χ1) is 8.65. The van der Waals surface area contributed by atoms with Crippen LogP contribution in [-0.4, -0.2) is 20.0 Å². The Morgan fingerprint density at radius 1 is 1.17 bits per heavy atom. The summed E-state index contributed by atoms with van der Waals surface area (Å²) in [5.74, 6) is 1.13. The first kappa shape index (κ1) is 12.7. The number of hydrogen-bond acceptors (Lipinski definition) is 4. The molecule has 0 aliphatic carbocycles. The van der Waals surface area contributed by atoms with Crippen LogP contribution < -0.4 is 9.47 Å². The lowest BCUT2D eigenvalue weighted by atomic mass is 10.1. The highest BCUT2D eigenvalue weighted by atomic mass is 79.9. The normalized spacial score (nSPS) is 10.2. The average Bonchev–Trinajstić information content (AvgIpc) is 2.83. The van der Waals surface area contributed by atoms with Crippen LogP contribution in [0.4, 0.5) is 0 Å². The molecule has 0 N–H and O–H groups in total. The van der Waals surface area contributed by atoms with Crippen molar-refractivity contribution in [1.82, 2.24) is 0 Å². The molecule has 0 aliphatic heterocycles. The molecule has 5 heteroatoms. The van der Waals surface area contributed by atoms with Gasteiger partial charge in [-0.2, -0.15) is 0 Å². The summed E-state index contributed by atoms with van der Waals surface area (Å²) in [6.07, 6.45) is 1.45. The van der Waals surface area contributed by atoms with Crippen molar-refractivity contribution in [2.75, 3.05) is 14.2 Å². The Bertz CT molecular complexity index is 552. The average molecular weight is 311 g/mol. The van der Waals surface area contributed by atoms with E-state index in [-0.39, 0.29) is 11.5 Å². The van der Waals surface area contributed by atoms with Gasteiger partial charge in [0.15, 0.2) is 5.76 Å². The largest absolute Gasteiger partial charge is 0.497 e. The third-order valence-electron chi connectivity index (χ3n) is 2.44. The highest BCUT2D eigenvalue weighted by Gasteiger charge is 2.17. The van der Waals surface area contributed by atoms with E-state index in [4.69, 9.17) is 13.9 Å². The Morgan fingerprint density at radius 3 is 2.22 bits per heavy atom. The van der Waals surface area contributed by atoms with E-state index in [0.717, 1.165) is 0 Å². The van der Waals surface area contributed by atoms with Crippen LogP contribution in [0.25, 0.3) is 0 Å². The second-order valence-corrected chi connectivity index (χ2v) is 4.38. The molecule has 2 aromatic rings. The quantitative estimate of drug-likeness (QED) is 0.813. The third-order valence-corrected chi connectivity index (χ3v) is 3.06. The molecule has 0 saturated heterocycles. The van der Waals surface area contributed by atoms with E-state index in [0.29, 0.717) is 21.5 Å². The van der Waals surface area contributed by atoms with Crippen molar-refractivity contribution < 1.29 is 18.7 Å². The van der Waals surface area contributed by atoms with Crippen LogP contribution in [0, 0.1) is 0 Å². The summed E-state index contributed by atoms with van der Waals surface area (Å²) >= 11 is 3.26. The maximum absolute atomic E-state index is 12.2. The molecule has 2 rings (SSSR count). The molecule has 0 amide bonds. The first-order valence-electron chi connectivity index (χ1n) is 5.16. The van der Waals surface area contributed by atoms with Crippen LogP contribution in [0.5, 0.6) is 11.5 Å². The molecule has 94 valence electrons. The van der Waals surface area contributed by atoms with Crippen molar-refractivity contribution in [1.29, 1.82) is 0 Å². The number of ketones is 1. The second kappa shape index (κ2) is 5.27. The molecule has 0 radical (unpaired) electrons. The fourth-order valence-electron chi connectivity index (χ4n) is 1.53. The lowest BCUT2D eigenvalue weighted by Gasteiger charge is -2.07. The molecule has 0 spiro atoms. The Labute approximate surface area is 113 Å². The molecular formula is C13H11BrO4. The van der Waals surface area contributed by atoms with Crippen molar-refractivity contribution in [3.8, 4) is 11.5 Å². The summed E-state index contributed by atoms with van der Waals surface area (Å²) in [7, 11) is 3.07. The van der Waals surface area contributed by atoms with Gasteiger partial charge in [-0.15, -0.1) is 0 Å². The Balaban J connectivity index is 2.44. The van der Waals surface area contributed by atoms with Crippen molar-refractivity contribution in [3.63, 3.8) is 0 Å². The van der Waals surface area contributed by atoms with Crippen LogP contribution in [-0.2, 0) is 0 Å². The molecule has 1 aromatic carbocycles. The number of carbonyl (C=O) groups excluding carboxylic acids is 1. The Morgan fingerprint density at radius 2 is 1.78 bits per heavy atom. The van der Waals surface area contributed by atoms with E-state index in [2.05, 4.69) is 15.9 Å². The fraction of sp³-hybridized carbons (Fsp3) is 0.154. The zero-order chi connectivity index (χ0) is 13.1. The van der Waals surface area contributed by atoms with Gasteiger partial charge in [-0.1, -0.05) is 0 Å². The number of methoxy groups -OCH3 is 2. The number of hydrogen-bond donors (Lipinski definition) is 0. The smallest absolute Gasteiger partial charge is 0.229 e. The van der Waals surface area contributed by atoms with E-state index in [1.54, 1.807) is 24.3 Å². The van der Waals surface area contributed by atoms with Gasteiger partial charge in [-0.3, -0.25) is 4.79 Å². The maximum Gasteiger partial charge on any atom is 0.229 e. The molecule has 0 saturated carbocycles. The summed E-state index contributed by atoms with van der Waals surface area (Å²) in [5, 5.41) is 0. The molecule has 0 atom stereocenters. The molecular weight excluding hydrogens is 300 g/mol. The van der Waals surface area contributed by atoms with Gasteiger partial charge in [0.25, 0.3) is 0 Å². The van der Waals surface area contributed by atoms with E-state index in [1.807, 2.05) is 0 Å². The van der Waals surface area contributed by atoms with Gasteiger partial charge in [-0.05, 0) is 34.1 Å². The van der Waals surface area contributed by atoms with Crippen LogP contribution in [0.1, 0.15) is 16.1 Å². The zero-order valence-electron chi connectivity index (χ0n) is 9.90. The minimum atomic E-state index is -0.232. The van der Waals surface area contributed by atoms with E-state index >= 15 is 0 Å². The zero-order valence-corrected chi connectivity index (χ0v) is 11.5. The number of benzene rings is 1. The standard InChI is InChI=1S/C13H11BrO4/c1-16-9-5-8(6-10(7-9)17-2)12(15)13-11(14)3-4-18-13/h3-7H,1-2H3. The molecule has 0 bridgehead atoms. The van der Waals surface area contributed by atoms with Crippen LogP contribution in [0.2, 0.25) is 0 Å². The molecule has 0 aliphatic rings. The fourth-order valence-corrected chi connectivity index (χ4v) is 1.91. The summed E-state index contributed by atoms with van der Waals surface area (Å²) < 4.78 is 16.0. The molecule has 1 heterocycles. The van der Waals surface area contributed by atoms with Gasteiger partial charge < -0.3 is 13.9 Å². The van der Waals surface area contributed by atoms with Crippen LogP contribution >= 0.6 is 15.9 Å². The number of halogens is 1. The molecule has 4 nitrogen and oxygen atoms in total. The van der Waals surface area contributed by atoms with Crippen molar-refractivity contribution in [3.05, 3.63) is 46.3 Å². The van der Waals surface area contributed by atoms with E-state index in [1.165, 1.54) is 20.5 Å². The lowest BCUT2D eigenvalue weighted by molar-refractivity contribution is 0.101.